The third kappa shape index (κ3) is 3.93. The molecule has 5 heteroatoms. The molecule has 0 rings (SSSR count). The molecule has 0 radical (unpaired) electrons. The normalized spacial score (nSPS) is 14.4. The Bertz CT molecular complexity index is 171. The zero-order valence-corrected chi connectivity index (χ0v) is 6.28. The van der Waals surface area contributed by atoms with Crippen molar-refractivity contribution in [1.82, 2.24) is 0 Å². The van der Waals surface area contributed by atoms with Crippen LogP contribution in [0.4, 0.5) is 13.2 Å². The first kappa shape index (κ1) is 10.4. The molecule has 0 amide bonds. The predicted molar refractivity (Wildman–Crippen MR) is 38.2 cm³/mol. The Balaban J connectivity index is 4.33. The number of alkyl halides is 4. The molecule has 0 heterocycles. The summed E-state index contributed by atoms with van der Waals surface area (Å²) in [6, 6.07) is 0. The van der Waals surface area contributed by atoms with Crippen LogP contribution >= 0.6 is 11.6 Å². The second-order valence-corrected chi connectivity index (χ2v) is 1.99. The van der Waals surface area contributed by atoms with E-state index in [-0.39, 0.29) is 5.88 Å². The van der Waals surface area contributed by atoms with Crippen LogP contribution in [-0.2, 0) is 0 Å². The summed E-state index contributed by atoms with van der Waals surface area (Å²) >= 11 is 5.13. The van der Waals surface area contributed by atoms with Crippen molar-refractivity contribution in [2.45, 2.75) is 6.18 Å². The molecule has 1 nitrogen and oxygen atoms in total. The Morgan fingerprint density at radius 2 is 2.00 bits per heavy atom. The second kappa shape index (κ2) is 4.28. The van der Waals surface area contributed by atoms with E-state index >= 15 is 0 Å². The molecule has 0 aromatic carbocycles. The lowest BCUT2D eigenvalue weighted by Gasteiger charge is -2.04. The van der Waals surface area contributed by atoms with E-state index in [9.17, 15) is 13.2 Å². The van der Waals surface area contributed by atoms with Gasteiger partial charge in [0.25, 0.3) is 0 Å². The molecule has 0 bridgehead atoms. The minimum atomic E-state index is -4.39. The molecule has 0 aliphatic rings. The van der Waals surface area contributed by atoms with Crippen molar-refractivity contribution in [3.05, 3.63) is 23.9 Å². The Kier molecular flexibility index (Phi) is 4.03. The largest absolute Gasteiger partial charge is 0.417 e. The van der Waals surface area contributed by atoms with Crippen LogP contribution in [0.15, 0.2) is 23.9 Å². The molecule has 0 unspecified atom stereocenters. The number of rotatable bonds is 2. The molecule has 0 spiro atoms. The van der Waals surface area contributed by atoms with Crippen LogP contribution in [0.3, 0.4) is 0 Å². The SMILES string of the molecule is N/C=C(/C=C/CCl)C(F)(F)F. The molecule has 0 aliphatic heterocycles. The summed E-state index contributed by atoms with van der Waals surface area (Å²) in [5.41, 5.74) is 3.83. The predicted octanol–water partition coefficient (Wildman–Crippen LogP) is 2.19. The van der Waals surface area contributed by atoms with Crippen molar-refractivity contribution in [3.8, 4) is 0 Å². The van der Waals surface area contributed by atoms with Gasteiger partial charge < -0.3 is 5.73 Å². The molecule has 0 saturated heterocycles. The molecule has 64 valence electrons. The van der Waals surface area contributed by atoms with Gasteiger partial charge in [0, 0.05) is 12.1 Å². The zero-order chi connectivity index (χ0) is 8.91. The minimum absolute atomic E-state index is 0.0351. The third-order valence-corrected chi connectivity index (χ3v) is 1.07. The van der Waals surface area contributed by atoms with Crippen LogP contribution in [0.1, 0.15) is 0 Å². The van der Waals surface area contributed by atoms with Gasteiger partial charge in [0.1, 0.15) is 0 Å². The summed E-state index contributed by atoms with van der Waals surface area (Å²) < 4.78 is 35.4. The van der Waals surface area contributed by atoms with Crippen LogP contribution in [0.25, 0.3) is 0 Å². The fourth-order valence-corrected chi connectivity index (χ4v) is 0.505. The van der Waals surface area contributed by atoms with Crippen LogP contribution in [-0.4, -0.2) is 12.1 Å². The van der Waals surface area contributed by atoms with Gasteiger partial charge in [-0.05, 0) is 0 Å². The molecule has 2 N–H and O–H groups in total. The first-order valence-corrected chi connectivity index (χ1v) is 3.27. The van der Waals surface area contributed by atoms with E-state index in [2.05, 4.69) is 0 Å². The number of allylic oxidation sites excluding steroid dienone is 3. The van der Waals surface area contributed by atoms with Gasteiger partial charge in [-0.2, -0.15) is 13.2 Å². The van der Waals surface area contributed by atoms with Crippen molar-refractivity contribution in [2.24, 2.45) is 5.73 Å². The highest BCUT2D eigenvalue weighted by Crippen LogP contribution is 2.25. The Morgan fingerprint density at radius 3 is 2.27 bits per heavy atom. The van der Waals surface area contributed by atoms with Crippen LogP contribution in [0.5, 0.6) is 0 Å². The summed E-state index contributed by atoms with van der Waals surface area (Å²) in [4.78, 5) is 0. The average molecular weight is 186 g/mol. The number of nitrogens with two attached hydrogens (primary N) is 1. The second-order valence-electron chi connectivity index (χ2n) is 1.68. The minimum Gasteiger partial charge on any atom is -0.404 e. The van der Waals surface area contributed by atoms with Gasteiger partial charge in [-0.15, -0.1) is 11.6 Å². The van der Waals surface area contributed by atoms with E-state index in [1.807, 2.05) is 0 Å². The van der Waals surface area contributed by atoms with E-state index in [4.69, 9.17) is 17.3 Å². The van der Waals surface area contributed by atoms with E-state index in [1.165, 1.54) is 6.08 Å². The summed E-state index contributed by atoms with van der Waals surface area (Å²) in [5, 5.41) is 0. The van der Waals surface area contributed by atoms with Crippen LogP contribution in [0.2, 0.25) is 0 Å². The third-order valence-electron chi connectivity index (χ3n) is 0.893. The maximum absolute atomic E-state index is 11.8. The van der Waals surface area contributed by atoms with Crippen LogP contribution in [0, 0.1) is 0 Å². The highest BCUT2D eigenvalue weighted by Gasteiger charge is 2.31. The molecule has 11 heavy (non-hydrogen) atoms. The standard InChI is InChI=1S/C6H7ClF3N/c7-3-1-2-5(4-11)6(8,9)10/h1-2,4H,3,11H2/b2-1+,5-4-. The van der Waals surface area contributed by atoms with Crippen molar-refractivity contribution in [3.63, 3.8) is 0 Å². The van der Waals surface area contributed by atoms with E-state index in [0.29, 0.717) is 6.20 Å². The molecular formula is C6H7ClF3N. The Hall–Kier alpha value is -0.640. The molecule has 0 aromatic heterocycles. The lowest BCUT2D eigenvalue weighted by Crippen LogP contribution is -2.11. The van der Waals surface area contributed by atoms with Gasteiger partial charge in [-0.25, -0.2) is 0 Å². The lowest BCUT2D eigenvalue weighted by atomic mass is 10.2. The highest BCUT2D eigenvalue weighted by atomic mass is 35.5. The van der Waals surface area contributed by atoms with Crippen molar-refractivity contribution >= 4 is 11.6 Å². The van der Waals surface area contributed by atoms with Gasteiger partial charge in [0.05, 0.1) is 5.57 Å². The number of halogens is 4. The van der Waals surface area contributed by atoms with Crippen LogP contribution < -0.4 is 5.73 Å². The first-order valence-electron chi connectivity index (χ1n) is 2.74. The summed E-state index contributed by atoms with van der Waals surface area (Å²) in [6.45, 7) is 0. The quantitative estimate of drug-likeness (QED) is 0.518. The van der Waals surface area contributed by atoms with Crippen molar-refractivity contribution < 1.29 is 13.2 Å². The van der Waals surface area contributed by atoms with Gasteiger partial charge >= 0.3 is 6.18 Å². The van der Waals surface area contributed by atoms with Gasteiger partial charge in [-0.1, -0.05) is 12.2 Å². The van der Waals surface area contributed by atoms with E-state index in [0.717, 1.165) is 6.08 Å². The highest BCUT2D eigenvalue weighted by molar-refractivity contribution is 6.18. The summed E-state index contributed by atoms with van der Waals surface area (Å²) in [6.07, 6.45) is -1.87. The molecule has 0 saturated carbocycles. The number of hydrogen-bond acceptors (Lipinski definition) is 1. The Labute approximate surface area is 67.3 Å². The lowest BCUT2D eigenvalue weighted by molar-refractivity contribution is -0.0883. The molecule has 0 aliphatic carbocycles. The molecule has 0 aromatic rings. The smallest absolute Gasteiger partial charge is 0.404 e. The fraction of sp³-hybridized carbons (Fsp3) is 0.333. The Morgan fingerprint density at radius 1 is 1.45 bits per heavy atom. The topological polar surface area (TPSA) is 26.0 Å². The average Bonchev–Trinajstić information content (AvgIpc) is 1.87. The van der Waals surface area contributed by atoms with Crippen molar-refractivity contribution in [1.29, 1.82) is 0 Å². The van der Waals surface area contributed by atoms with Gasteiger partial charge in [-0.3, -0.25) is 0 Å². The first-order chi connectivity index (χ1) is 5.02. The number of hydrogen-bond donors (Lipinski definition) is 1. The maximum atomic E-state index is 11.8. The van der Waals surface area contributed by atoms with E-state index < -0.39 is 11.7 Å². The van der Waals surface area contributed by atoms with Gasteiger partial charge in [0.2, 0.25) is 0 Å². The molecule has 0 atom stereocenters. The molecular weight excluding hydrogens is 179 g/mol. The monoisotopic (exact) mass is 185 g/mol. The van der Waals surface area contributed by atoms with Gasteiger partial charge in [0.15, 0.2) is 0 Å². The molecule has 0 fully saturated rings. The maximum Gasteiger partial charge on any atom is 0.417 e. The zero-order valence-electron chi connectivity index (χ0n) is 5.53. The fourth-order valence-electron chi connectivity index (χ4n) is 0.416. The van der Waals surface area contributed by atoms with E-state index in [1.54, 1.807) is 0 Å². The summed E-state index contributed by atoms with van der Waals surface area (Å²) in [5.74, 6) is 0.0351. The van der Waals surface area contributed by atoms with Crippen molar-refractivity contribution in [2.75, 3.05) is 5.88 Å². The summed E-state index contributed by atoms with van der Waals surface area (Å²) in [7, 11) is 0.